The van der Waals surface area contributed by atoms with Crippen LogP contribution in [-0.2, 0) is 14.8 Å². The molecule has 1 N–H and O–H groups in total. The second kappa shape index (κ2) is 7.49. The third-order valence-corrected chi connectivity index (χ3v) is 5.76. The van der Waals surface area contributed by atoms with Crippen molar-refractivity contribution in [1.29, 1.82) is 0 Å². The first kappa shape index (κ1) is 18.0. The van der Waals surface area contributed by atoms with Gasteiger partial charge in [-0.3, -0.25) is 9.10 Å². The third-order valence-electron chi connectivity index (χ3n) is 3.93. The number of carboxylic acid groups (broad SMARTS) is 1. The number of nitrogens with zero attached hydrogens (tertiary/aromatic N) is 1. The highest BCUT2D eigenvalue weighted by Gasteiger charge is 2.26. The first-order valence-corrected chi connectivity index (χ1v) is 9.14. The molecule has 5 nitrogen and oxygen atoms in total. The summed E-state index contributed by atoms with van der Waals surface area (Å²) >= 11 is 0. The Morgan fingerprint density at radius 2 is 1.71 bits per heavy atom. The van der Waals surface area contributed by atoms with Crippen LogP contribution in [0.5, 0.6) is 0 Å². The summed E-state index contributed by atoms with van der Waals surface area (Å²) < 4.78 is 27.4. The van der Waals surface area contributed by atoms with Gasteiger partial charge in [-0.25, -0.2) is 8.42 Å². The lowest BCUT2D eigenvalue weighted by Crippen LogP contribution is -2.33. The van der Waals surface area contributed by atoms with Crippen LogP contribution in [0.15, 0.2) is 53.4 Å². The van der Waals surface area contributed by atoms with E-state index in [2.05, 4.69) is 0 Å². The van der Waals surface area contributed by atoms with Gasteiger partial charge in [-0.05, 0) is 49.6 Å². The number of aryl methyl sites for hydroxylation is 1. The fraction of sp³-hybridized carbons (Fsp3) is 0.278. The van der Waals surface area contributed by atoms with Gasteiger partial charge in [0.1, 0.15) is 0 Å². The Balaban J connectivity index is 2.47. The molecule has 0 spiro atoms. The van der Waals surface area contributed by atoms with Crippen LogP contribution in [0.25, 0.3) is 0 Å². The Bertz CT molecular complexity index is 816. The van der Waals surface area contributed by atoms with Crippen LogP contribution in [0.1, 0.15) is 24.0 Å². The van der Waals surface area contributed by atoms with Gasteiger partial charge in [0.15, 0.2) is 0 Å². The molecular formula is C18H21NO4S. The average molecular weight is 347 g/mol. The predicted molar refractivity (Wildman–Crippen MR) is 93.8 cm³/mol. The van der Waals surface area contributed by atoms with Crippen molar-refractivity contribution in [3.05, 3.63) is 59.7 Å². The van der Waals surface area contributed by atoms with Gasteiger partial charge in [0.2, 0.25) is 0 Å². The number of rotatable bonds is 7. The Hall–Kier alpha value is -2.34. The first-order valence-electron chi connectivity index (χ1n) is 7.70. The third kappa shape index (κ3) is 3.94. The maximum atomic E-state index is 13.1. The van der Waals surface area contributed by atoms with Crippen molar-refractivity contribution >= 4 is 21.7 Å². The normalized spacial score (nSPS) is 11.2. The van der Waals surface area contributed by atoms with Crippen molar-refractivity contribution in [1.82, 2.24) is 0 Å². The quantitative estimate of drug-likeness (QED) is 0.833. The van der Waals surface area contributed by atoms with Crippen molar-refractivity contribution in [3.63, 3.8) is 0 Å². The second-order valence-corrected chi connectivity index (χ2v) is 7.47. The molecule has 2 aromatic rings. The number of sulfonamides is 1. The summed E-state index contributed by atoms with van der Waals surface area (Å²) in [6, 6.07) is 13.7. The van der Waals surface area contributed by atoms with Crippen molar-refractivity contribution in [2.75, 3.05) is 10.8 Å². The van der Waals surface area contributed by atoms with E-state index < -0.39 is 16.0 Å². The lowest BCUT2D eigenvalue weighted by molar-refractivity contribution is -0.137. The molecule has 6 heteroatoms. The SMILES string of the molecule is Cc1cccc(N(CCCC(=O)O)S(=O)(=O)c2ccccc2)c1C. The van der Waals surface area contributed by atoms with Crippen LogP contribution in [0, 0.1) is 13.8 Å². The molecule has 0 amide bonds. The molecule has 0 atom stereocenters. The Kier molecular flexibility index (Phi) is 5.62. The molecule has 0 aliphatic heterocycles. The Labute approximate surface area is 142 Å². The molecule has 0 fully saturated rings. The summed E-state index contributed by atoms with van der Waals surface area (Å²) in [7, 11) is -3.75. The average Bonchev–Trinajstić information content (AvgIpc) is 2.55. The van der Waals surface area contributed by atoms with Gasteiger partial charge in [-0.15, -0.1) is 0 Å². The second-order valence-electron chi connectivity index (χ2n) is 5.61. The largest absolute Gasteiger partial charge is 0.481 e. The van der Waals surface area contributed by atoms with Gasteiger partial charge in [-0.1, -0.05) is 30.3 Å². The molecule has 0 aromatic heterocycles. The zero-order chi connectivity index (χ0) is 17.7. The highest BCUT2D eigenvalue weighted by atomic mass is 32.2. The van der Waals surface area contributed by atoms with Gasteiger partial charge in [0.25, 0.3) is 10.0 Å². The van der Waals surface area contributed by atoms with E-state index in [1.54, 1.807) is 36.4 Å². The number of aliphatic carboxylic acids is 1. The van der Waals surface area contributed by atoms with Crippen LogP contribution >= 0.6 is 0 Å². The van der Waals surface area contributed by atoms with E-state index in [0.29, 0.717) is 5.69 Å². The van der Waals surface area contributed by atoms with Crippen LogP contribution in [-0.4, -0.2) is 26.0 Å². The summed E-state index contributed by atoms with van der Waals surface area (Å²) in [5, 5.41) is 8.85. The minimum Gasteiger partial charge on any atom is -0.481 e. The topological polar surface area (TPSA) is 74.7 Å². The van der Waals surface area contributed by atoms with Crippen LogP contribution < -0.4 is 4.31 Å². The van der Waals surface area contributed by atoms with E-state index in [4.69, 9.17) is 5.11 Å². The van der Waals surface area contributed by atoms with Crippen LogP contribution in [0.4, 0.5) is 5.69 Å². The molecule has 24 heavy (non-hydrogen) atoms. The van der Waals surface area contributed by atoms with Crippen LogP contribution in [0.2, 0.25) is 0 Å². The summed E-state index contributed by atoms with van der Waals surface area (Å²) in [6.45, 7) is 3.91. The predicted octanol–water partition coefficient (Wildman–Crippen LogP) is 3.36. The minimum atomic E-state index is -3.75. The summed E-state index contributed by atoms with van der Waals surface area (Å²) in [5.41, 5.74) is 2.44. The van der Waals surface area contributed by atoms with E-state index >= 15 is 0 Å². The fourth-order valence-corrected chi connectivity index (χ4v) is 4.05. The molecule has 0 aliphatic carbocycles. The van der Waals surface area contributed by atoms with E-state index in [0.717, 1.165) is 11.1 Å². The van der Waals surface area contributed by atoms with Crippen molar-refractivity contribution in [2.45, 2.75) is 31.6 Å². The van der Waals surface area contributed by atoms with Crippen molar-refractivity contribution < 1.29 is 18.3 Å². The van der Waals surface area contributed by atoms with Crippen molar-refractivity contribution in [3.8, 4) is 0 Å². The number of hydrogen-bond acceptors (Lipinski definition) is 3. The molecule has 0 heterocycles. The number of carboxylic acids is 1. The zero-order valence-corrected chi connectivity index (χ0v) is 14.6. The lowest BCUT2D eigenvalue weighted by atomic mass is 10.1. The molecular weight excluding hydrogens is 326 g/mol. The molecule has 128 valence electrons. The van der Waals surface area contributed by atoms with Gasteiger partial charge < -0.3 is 5.11 Å². The molecule has 0 aliphatic rings. The smallest absolute Gasteiger partial charge is 0.303 e. The fourth-order valence-electron chi connectivity index (χ4n) is 2.47. The minimum absolute atomic E-state index is 0.0777. The first-order chi connectivity index (χ1) is 11.3. The molecule has 0 radical (unpaired) electrons. The Morgan fingerprint density at radius 1 is 1.04 bits per heavy atom. The number of carbonyl (C=O) groups is 1. The summed E-state index contributed by atoms with van der Waals surface area (Å²) in [6.07, 6.45) is 0.167. The standard InChI is InChI=1S/C18H21NO4S/c1-14-8-6-11-17(15(14)2)19(13-7-12-18(20)21)24(22,23)16-9-4-3-5-10-16/h3-6,8-11H,7,12-13H2,1-2H3,(H,20,21). The van der Waals surface area contributed by atoms with Crippen LogP contribution in [0.3, 0.4) is 0 Å². The monoisotopic (exact) mass is 347 g/mol. The number of benzene rings is 2. The molecule has 0 bridgehead atoms. The highest BCUT2D eigenvalue weighted by Crippen LogP contribution is 2.28. The van der Waals surface area contributed by atoms with E-state index in [1.807, 2.05) is 26.0 Å². The van der Waals surface area contributed by atoms with Gasteiger partial charge in [0, 0.05) is 13.0 Å². The van der Waals surface area contributed by atoms with Crippen molar-refractivity contribution in [2.24, 2.45) is 0 Å². The van der Waals surface area contributed by atoms with Gasteiger partial charge in [0.05, 0.1) is 10.6 Å². The molecule has 0 unspecified atom stereocenters. The van der Waals surface area contributed by atoms with Gasteiger partial charge >= 0.3 is 5.97 Å². The lowest BCUT2D eigenvalue weighted by Gasteiger charge is -2.26. The van der Waals surface area contributed by atoms with Gasteiger partial charge in [-0.2, -0.15) is 0 Å². The maximum Gasteiger partial charge on any atom is 0.303 e. The Morgan fingerprint density at radius 3 is 2.33 bits per heavy atom. The molecule has 2 rings (SSSR count). The number of hydrogen-bond donors (Lipinski definition) is 1. The van der Waals surface area contributed by atoms with E-state index in [1.165, 1.54) is 4.31 Å². The maximum absolute atomic E-state index is 13.1. The highest BCUT2D eigenvalue weighted by molar-refractivity contribution is 7.92. The van der Waals surface area contributed by atoms with E-state index in [9.17, 15) is 13.2 Å². The molecule has 0 saturated carbocycles. The molecule has 2 aromatic carbocycles. The molecule has 0 saturated heterocycles. The summed E-state index contributed by atoms with van der Waals surface area (Å²) in [5.74, 6) is -0.937. The summed E-state index contributed by atoms with van der Waals surface area (Å²) in [4.78, 5) is 11.0. The van der Waals surface area contributed by atoms with E-state index in [-0.39, 0.29) is 24.3 Å². The zero-order valence-electron chi connectivity index (χ0n) is 13.8. The number of anilines is 1.